The van der Waals surface area contributed by atoms with Crippen LogP contribution in [0.4, 0.5) is 0 Å². The molecule has 2 aromatic heterocycles. The zero-order chi connectivity index (χ0) is 17.8. The number of carbonyl (C=O) groups is 1. The molecule has 3 heterocycles. The second kappa shape index (κ2) is 7.66. The molecule has 1 aliphatic heterocycles. The number of nitrogens with zero attached hydrogens (tertiary/aromatic N) is 4. The van der Waals surface area contributed by atoms with E-state index in [1.165, 1.54) is 37.9 Å². The van der Waals surface area contributed by atoms with Crippen LogP contribution in [0.15, 0.2) is 48.9 Å². The van der Waals surface area contributed by atoms with Gasteiger partial charge in [-0.15, -0.1) is 0 Å². The van der Waals surface area contributed by atoms with E-state index in [9.17, 15) is 4.79 Å². The second-order valence-corrected chi connectivity index (χ2v) is 6.78. The summed E-state index contributed by atoms with van der Waals surface area (Å²) >= 11 is 0. The first-order chi connectivity index (χ1) is 12.8. The zero-order valence-corrected chi connectivity index (χ0v) is 14.8. The van der Waals surface area contributed by atoms with E-state index >= 15 is 0 Å². The molecule has 0 saturated carbocycles. The number of hydrogen-bond donors (Lipinski definition) is 1. The lowest BCUT2D eigenvalue weighted by atomic mass is 10.1. The van der Waals surface area contributed by atoms with Crippen LogP contribution in [0, 0.1) is 0 Å². The Bertz CT molecular complexity index is 848. The van der Waals surface area contributed by atoms with E-state index in [0.29, 0.717) is 17.9 Å². The van der Waals surface area contributed by atoms with Crippen LogP contribution < -0.4 is 5.32 Å². The number of nitrogens with one attached hydrogen (secondary N) is 1. The number of fused-ring (bicyclic) bond motifs is 1. The number of benzene rings is 1. The van der Waals surface area contributed by atoms with Gasteiger partial charge in [0.05, 0.1) is 12.2 Å². The van der Waals surface area contributed by atoms with E-state index in [0.717, 1.165) is 12.2 Å². The maximum absolute atomic E-state index is 12.4. The molecule has 1 aromatic carbocycles. The number of piperidine rings is 1. The van der Waals surface area contributed by atoms with Crippen LogP contribution in [0.1, 0.15) is 40.9 Å². The Kier molecular flexibility index (Phi) is 4.93. The van der Waals surface area contributed by atoms with Crippen LogP contribution in [0.2, 0.25) is 0 Å². The number of amides is 1. The largest absolute Gasteiger partial charge is 0.346 e. The first-order valence-electron chi connectivity index (χ1n) is 9.16. The predicted molar refractivity (Wildman–Crippen MR) is 99.7 cm³/mol. The molecule has 1 amide bonds. The van der Waals surface area contributed by atoms with Crippen molar-refractivity contribution in [3.8, 4) is 0 Å². The first-order valence-corrected chi connectivity index (χ1v) is 9.16. The highest BCUT2D eigenvalue weighted by molar-refractivity contribution is 5.94. The van der Waals surface area contributed by atoms with Crippen LogP contribution in [0.25, 0.3) is 5.78 Å². The van der Waals surface area contributed by atoms with Crippen molar-refractivity contribution in [3.63, 3.8) is 0 Å². The van der Waals surface area contributed by atoms with Crippen molar-refractivity contribution in [2.75, 3.05) is 13.1 Å². The lowest BCUT2D eigenvalue weighted by Crippen LogP contribution is -2.29. The molecular formula is C20H23N5O. The van der Waals surface area contributed by atoms with Gasteiger partial charge in [-0.1, -0.05) is 18.6 Å². The monoisotopic (exact) mass is 349 g/mol. The standard InChI is InChI=1S/C20H23N5O/c26-19(22-13-18-15-25-12-4-9-21-20(25)23-18)17-7-5-16(6-8-17)14-24-10-2-1-3-11-24/h4-9,12,15H,1-3,10-11,13-14H2,(H,22,26). The first kappa shape index (κ1) is 16.7. The fraction of sp³-hybridized carbons (Fsp3) is 0.350. The van der Waals surface area contributed by atoms with E-state index in [1.807, 2.05) is 35.0 Å². The Morgan fingerprint density at radius 1 is 1.12 bits per heavy atom. The maximum Gasteiger partial charge on any atom is 0.251 e. The Hall–Kier alpha value is -2.73. The third kappa shape index (κ3) is 3.91. The summed E-state index contributed by atoms with van der Waals surface area (Å²) < 4.78 is 1.84. The van der Waals surface area contributed by atoms with Gasteiger partial charge < -0.3 is 5.32 Å². The van der Waals surface area contributed by atoms with Gasteiger partial charge in [0.2, 0.25) is 5.78 Å². The number of likely N-dealkylation sites (tertiary alicyclic amines) is 1. The molecule has 0 spiro atoms. The molecule has 0 unspecified atom stereocenters. The molecule has 1 fully saturated rings. The molecule has 0 aliphatic carbocycles. The van der Waals surface area contributed by atoms with Crippen LogP contribution in [0.5, 0.6) is 0 Å². The summed E-state index contributed by atoms with van der Waals surface area (Å²) in [5, 5.41) is 2.92. The molecule has 4 rings (SSSR count). The Balaban J connectivity index is 1.33. The van der Waals surface area contributed by atoms with Gasteiger partial charge >= 0.3 is 0 Å². The number of hydrogen-bond acceptors (Lipinski definition) is 4. The minimum atomic E-state index is -0.0838. The zero-order valence-electron chi connectivity index (χ0n) is 14.8. The second-order valence-electron chi connectivity index (χ2n) is 6.78. The minimum absolute atomic E-state index is 0.0838. The highest BCUT2D eigenvalue weighted by atomic mass is 16.1. The Labute approximate surface area is 152 Å². The summed E-state index contributed by atoms with van der Waals surface area (Å²) in [6.07, 6.45) is 9.40. The quantitative estimate of drug-likeness (QED) is 0.769. The summed E-state index contributed by atoms with van der Waals surface area (Å²) in [4.78, 5) is 23.4. The molecule has 1 N–H and O–H groups in total. The van der Waals surface area contributed by atoms with Crippen molar-refractivity contribution >= 4 is 11.7 Å². The van der Waals surface area contributed by atoms with E-state index in [2.05, 4.69) is 32.3 Å². The lowest BCUT2D eigenvalue weighted by Gasteiger charge is -2.26. The fourth-order valence-corrected chi connectivity index (χ4v) is 3.37. The van der Waals surface area contributed by atoms with Crippen molar-refractivity contribution in [3.05, 3.63) is 65.7 Å². The molecule has 6 nitrogen and oxygen atoms in total. The number of imidazole rings is 1. The summed E-state index contributed by atoms with van der Waals surface area (Å²) in [5.41, 5.74) is 2.72. The maximum atomic E-state index is 12.4. The SMILES string of the molecule is O=C(NCc1cn2cccnc2n1)c1ccc(CN2CCCCC2)cc1. The van der Waals surface area contributed by atoms with E-state index in [4.69, 9.17) is 0 Å². The smallest absolute Gasteiger partial charge is 0.251 e. The van der Waals surface area contributed by atoms with Gasteiger partial charge in [-0.3, -0.25) is 14.1 Å². The van der Waals surface area contributed by atoms with Gasteiger partial charge in [0, 0.05) is 30.7 Å². The molecule has 6 heteroatoms. The average molecular weight is 349 g/mol. The van der Waals surface area contributed by atoms with E-state index < -0.39 is 0 Å². The van der Waals surface area contributed by atoms with E-state index in [1.54, 1.807) is 6.20 Å². The Morgan fingerprint density at radius 2 is 1.92 bits per heavy atom. The summed E-state index contributed by atoms with van der Waals surface area (Å²) in [6.45, 7) is 3.71. The van der Waals surface area contributed by atoms with Crippen molar-refractivity contribution in [2.45, 2.75) is 32.4 Å². The van der Waals surface area contributed by atoms with Gasteiger partial charge in [0.15, 0.2) is 0 Å². The van der Waals surface area contributed by atoms with Crippen molar-refractivity contribution in [1.29, 1.82) is 0 Å². The van der Waals surface area contributed by atoms with Crippen LogP contribution in [-0.2, 0) is 13.1 Å². The third-order valence-corrected chi connectivity index (χ3v) is 4.79. The summed E-state index contributed by atoms with van der Waals surface area (Å²) in [7, 11) is 0. The predicted octanol–water partition coefficient (Wildman–Crippen LogP) is 2.65. The topological polar surface area (TPSA) is 62.5 Å². The summed E-state index contributed by atoms with van der Waals surface area (Å²) in [6, 6.07) is 9.76. The molecule has 134 valence electrons. The Morgan fingerprint density at radius 3 is 2.69 bits per heavy atom. The minimum Gasteiger partial charge on any atom is -0.346 e. The highest BCUT2D eigenvalue weighted by Crippen LogP contribution is 2.13. The molecule has 3 aromatic rings. The fourth-order valence-electron chi connectivity index (χ4n) is 3.37. The van der Waals surface area contributed by atoms with Gasteiger partial charge in [0.1, 0.15) is 0 Å². The van der Waals surface area contributed by atoms with Crippen molar-refractivity contribution in [1.82, 2.24) is 24.6 Å². The van der Waals surface area contributed by atoms with Gasteiger partial charge in [0.25, 0.3) is 5.91 Å². The molecule has 0 atom stereocenters. The van der Waals surface area contributed by atoms with Gasteiger partial charge in [-0.25, -0.2) is 9.97 Å². The van der Waals surface area contributed by atoms with Crippen molar-refractivity contribution < 1.29 is 4.79 Å². The summed E-state index contributed by atoms with van der Waals surface area (Å²) in [5.74, 6) is 0.554. The van der Waals surface area contributed by atoms with Crippen molar-refractivity contribution in [2.24, 2.45) is 0 Å². The highest BCUT2D eigenvalue weighted by Gasteiger charge is 2.11. The van der Waals surface area contributed by atoms with Crippen LogP contribution in [-0.4, -0.2) is 38.3 Å². The molecular weight excluding hydrogens is 326 g/mol. The van der Waals surface area contributed by atoms with Crippen LogP contribution >= 0.6 is 0 Å². The van der Waals surface area contributed by atoms with Gasteiger partial charge in [-0.2, -0.15) is 0 Å². The number of aromatic nitrogens is 3. The molecule has 1 saturated heterocycles. The lowest BCUT2D eigenvalue weighted by molar-refractivity contribution is 0.0950. The molecule has 1 aliphatic rings. The molecule has 0 bridgehead atoms. The van der Waals surface area contributed by atoms with Gasteiger partial charge in [-0.05, 0) is 49.7 Å². The van der Waals surface area contributed by atoms with Crippen LogP contribution in [0.3, 0.4) is 0 Å². The van der Waals surface area contributed by atoms with E-state index in [-0.39, 0.29) is 5.91 Å². The average Bonchev–Trinajstić information content (AvgIpc) is 3.10. The normalized spacial score (nSPS) is 15.2. The molecule has 26 heavy (non-hydrogen) atoms. The third-order valence-electron chi connectivity index (χ3n) is 4.79. The number of rotatable bonds is 5. The molecule has 0 radical (unpaired) electrons. The number of carbonyl (C=O) groups excluding carboxylic acids is 1.